The fourth-order valence-corrected chi connectivity index (χ4v) is 3.99. The fourth-order valence-electron chi connectivity index (χ4n) is 2.96. The zero-order valence-electron chi connectivity index (χ0n) is 16.3. The maximum absolute atomic E-state index is 12.2. The summed E-state index contributed by atoms with van der Waals surface area (Å²) < 4.78 is 32.1. The quantitative estimate of drug-likeness (QED) is 0.603. The van der Waals surface area contributed by atoms with E-state index in [4.69, 9.17) is 4.74 Å². The molecule has 28 heavy (non-hydrogen) atoms. The first-order valence-corrected chi connectivity index (χ1v) is 11.2. The molecule has 0 aliphatic carbocycles. The largest absolute Gasteiger partial charge is 0.494 e. The Morgan fingerprint density at radius 3 is 2.36 bits per heavy atom. The highest BCUT2D eigenvalue weighted by Gasteiger charge is 2.17. The van der Waals surface area contributed by atoms with E-state index in [0.29, 0.717) is 12.4 Å². The highest BCUT2D eigenvalue weighted by Crippen LogP contribution is 2.15. The van der Waals surface area contributed by atoms with E-state index >= 15 is 0 Å². The zero-order chi connectivity index (χ0) is 20.4. The number of amides is 2. The van der Waals surface area contributed by atoms with Crippen molar-refractivity contribution in [2.45, 2.75) is 43.9 Å². The van der Waals surface area contributed by atoms with Crippen molar-refractivity contribution < 1.29 is 22.7 Å². The second-order valence-electron chi connectivity index (χ2n) is 6.59. The van der Waals surface area contributed by atoms with Gasteiger partial charge in [0, 0.05) is 39.0 Å². The van der Waals surface area contributed by atoms with Gasteiger partial charge in [0.15, 0.2) is 0 Å². The molecule has 1 aliphatic heterocycles. The summed E-state index contributed by atoms with van der Waals surface area (Å²) in [6, 6.07) is 6.09. The lowest BCUT2D eigenvalue weighted by Gasteiger charge is -2.26. The van der Waals surface area contributed by atoms with Crippen molar-refractivity contribution in [2.75, 3.05) is 32.8 Å². The number of benzene rings is 1. The summed E-state index contributed by atoms with van der Waals surface area (Å²) >= 11 is 0. The molecule has 8 nitrogen and oxygen atoms in total. The van der Waals surface area contributed by atoms with E-state index in [1.807, 2.05) is 11.8 Å². The number of rotatable bonds is 10. The third-order valence-electron chi connectivity index (χ3n) is 4.46. The van der Waals surface area contributed by atoms with E-state index in [-0.39, 0.29) is 42.6 Å². The molecule has 2 N–H and O–H groups in total. The van der Waals surface area contributed by atoms with E-state index < -0.39 is 10.0 Å². The summed E-state index contributed by atoms with van der Waals surface area (Å²) in [6.07, 6.45) is 3.50. The summed E-state index contributed by atoms with van der Waals surface area (Å²) in [5.74, 6) is 0.358. The van der Waals surface area contributed by atoms with E-state index in [1.54, 1.807) is 12.1 Å². The molecule has 0 unspecified atom stereocenters. The smallest absolute Gasteiger partial charge is 0.240 e. The van der Waals surface area contributed by atoms with Gasteiger partial charge in [-0.15, -0.1) is 0 Å². The number of sulfonamides is 1. The van der Waals surface area contributed by atoms with Gasteiger partial charge in [-0.25, -0.2) is 13.1 Å². The van der Waals surface area contributed by atoms with Crippen LogP contribution in [0.2, 0.25) is 0 Å². The number of nitrogens with one attached hydrogen (secondary N) is 2. The van der Waals surface area contributed by atoms with Crippen LogP contribution in [0, 0.1) is 0 Å². The van der Waals surface area contributed by atoms with Crippen LogP contribution in [0.3, 0.4) is 0 Å². The third-order valence-corrected chi connectivity index (χ3v) is 5.94. The number of nitrogens with zero attached hydrogens (tertiary/aromatic N) is 1. The first kappa shape index (κ1) is 22.2. The van der Waals surface area contributed by atoms with Crippen molar-refractivity contribution in [3.05, 3.63) is 24.3 Å². The van der Waals surface area contributed by atoms with Gasteiger partial charge >= 0.3 is 0 Å². The Hall–Kier alpha value is -2.13. The van der Waals surface area contributed by atoms with Crippen molar-refractivity contribution >= 4 is 21.8 Å². The molecule has 0 bridgehead atoms. The first-order chi connectivity index (χ1) is 13.4. The molecule has 1 saturated heterocycles. The molecule has 1 aliphatic rings. The van der Waals surface area contributed by atoms with Crippen LogP contribution in [0.1, 0.15) is 39.0 Å². The summed E-state index contributed by atoms with van der Waals surface area (Å²) in [5, 5.41) is 2.66. The minimum Gasteiger partial charge on any atom is -0.494 e. The maximum atomic E-state index is 12.2. The van der Waals surface area contributed by atoms with Gasteiger partial charge in [0.1, 0.15) is 5.75 Å². The SMILES string of the molecule is CCOc1ccc(S(=O)(=O)NCCC(=O)NCCC(=O)N2CCCCC2)cc1. The highest BCUT2D eigenvalue weighted by atomic mass is 32.2. The number of carbonyl (C=O) groups excluding carboxylic acids is 2. The van der Waals surface area contributed by atoms with Crippen molar-refractivity contribution in [1.82, 2.24) is 14.9 Å². The van der Waals surface area contributed by atoms with E-state index in [2.05, 4.69) is 10.0 Å². The standard InChI is InChI=1S/C19H29N3O5S/c1-2-27-16-6-8-17(9-7-16)28(25,26)21-13-10-18(23)20-12-11-19(24)22-14-4-3-5-15-22/h6-9,21H,2-5,10-15H2,1H3,(H,20,23). The number of piperidine rings is 1. The molecule has 0 spiro atoms. The molecule has 0 aromatic heterocycles. The Morgan fingerprint density at radius 2 is 1.71 bits per heavy atom. The molecule has 156 valence electrons. The van der Waals surface area contributed by atoms with Gasteiger partial charge < -0.3 is 15.0 Å². The average Bonchev–Trinajstić information content (AvgIpc) is 2.69. The van der Waals surface area contributed by atoms with Crippen molar-refractivity contribution in [2.24, 2.45) is 0 Å². The fraction of sp³-hybridized carbons (Fsp3) is 0.579. The molecule has 2 amide bonds. The second-order valence-corrected chi connectivity index (χ2v) is 8.36. The van der Waals surface area contributed by atoms with Crippen LogP contribution in [-0.4, -0.2) is 57.9 Å². The topological polar surface area (TPSA) is 105 Å². The lowest BCUT2D eigenvalue weighted by atomic mass is 10.1. The summed E-state index contributed by atoms with van der Waals surface area (Å²) in [7, 11) is -3.68. The van der Waals surface area contributed by atoms with Gasteiger partial charge in [-0.2, -0.15) is 0 Å². The Balaban J connectivity index is 1.67. The maximum Gasteiger partial charge on any atom is 0.240 e. The molecule has 1 heterocycles. The summed E-state index contributed by atoms with van der Waals surface area (Å²) in [4.78, 5) is 25.8. The Kier molecular flexibility index (Phi) is 8.72. The summed E-state index contributed by atoms with van der Waals surface area (Å²) in [6.45, 7) is 4.19. The molecule has 1 aromatic rings. The Labute approximate surface area is 166 Å². The normalized spacial score (nSPS) is 14.5. The van der Waals surface area contributed by atoms with Gasteiger partial charge in [-0.1, -0.05) is 0 Å². The van der Waals surface area contributed by atoms with Gasteiger partial charge in [-0.3, -0.25) is 9.59 Å². The minimum absolute atomic E-state index is 0.00810. The molecule has 1 aromatic carbocycles. The molecule has 0 atom stereocenters. The number of likely N-dealkylation sites (tertiary alicyclic amines) is 1. The first-order valence-electron chi connectivity index (χ1n) is 9.69. The molecular formula is C19H29N3O5S. The monoisotopic (exact) mass is 411 g/mol. The Bertz CT molecular complexity index is 743. The molecule has 1 fully saturated rings. The lowest BCUT2D eigenvalue weighted by molar-refractivity contribution is -0.132. The van der Waals surface area contributed by atoms with Crippen LogP contribution in [0.5, 0.6) is 5.75 Å². The minimum atomic E-state index is -3.68. The van der Waals surface area contributed by atoms with Gasteiger partial charge in [0.2, 0.25) is 21.8 Å². The van der Waals surface area contributed by atoms with Gasteiger partial charge in [0.25, 0.3) is 0 Å². The van der Waals surface area contributed by atoms with Crippen LogP contribution < -0.4 is 14.8 Å². The number of carbonyl (C=O) groups is 2. The summed E-state index contributed by atoms with van der Waals surface area (Å²) in [5.41, 5.74) is 0. The second kappa shape index (κ2) is 11.0. The van der Waals surface area contributed by atoms with Crippen molar-refractivity contribution in [3.8, 4) is 5.75 Å². The Morgan fingerprint density at radius 1 is 1.04 bits per heavy atom. The van der Waals surface area contributed by atoms with Crippen LogP contribution in [0.15, 0.2) is 29.2 Å². The lowest BCUT2D eigenvalue weighted by Crippen LogP contribution is -2.38. The van der Waals surface area contributed by atoms with E-state index in [9.17, 15) is 18.0 Å². The van der Waals surface area contributed by atoms with E-state index in [0.717, 1.165) is 32.4 Å². The van der Waals surface area contributed by atoms with Crippen molar-refractivity contribution in [1.29, 1.82) is 0 Å². The average molecular weight is 412 g/mol. The molecule has 0 radical (unpaired) electrons. The van der Waals surface area contributed by atoms with Crippen LogP contribution >= 0.6 is 0 Å². The predicted octanol–water partition coefficient (Wildman–Crippen LogP) is 1.27. The van der Waals surface area contributed by atoms with E-state index in [1.165, 1.54) is 12.1 Å². The molecule has 2 rings (SSSR count). The third kappa shape index (κ3) is 7.12. The predicted molar refractivity (Wildman–Crippen MR) is 105 cm³/mol. The number of hydrogen-bond donors (Lipinski definition) is 2. The van der Waals surface area contributed by atoms with Crippen LogP contribution in [-0.2, 0) is 19.6 Å². The van der Waals surface area contributed by atoms with Gasteiger partial charge in [-0.05, 0) is 50.5 Å². The number of hydrogen-bond acceptors (Lipinski definition) is 5. The van der Waals surface area contributed by atoms with Gasteiger partial charge in [0.05, 0.1) is 11.5 Å². The zero-order valence-corrected chi connectivity index (χ0v) is 17.1. The molecule has 9 heteroatoms. The molecule has 0 saturated carbocycles. The van der Waals surface area contributed by atoms with Crippen molar-refractivity contribution in [3.63, 3.8) is 0 Å². The highest BCUT2D eigenvalue weighted by molar-refractivity contribution is 7.89. The van der Waals surface area contributed by atoms with Crippen LogP contribution in [0.25, 0.3) is 0 Å². The van der Waals surface area contributed by atoms with Crippen LogP contribution in [0.4, 0.5) is 0 Å². The molecular weight excluding hydrogens is 382 g/mol. The number of ether oxygens (including phenoxy) is 1.